The van der Waals surface area contributed by atoms with E-state index in [-0.39, 0.29) is 11.7 Å². The third-order valence-corrected chi connectivity index (χ3v) is 3.32. The van der Waals surface area contributed by atoms with Gasteiger partial charge in [0.05, 0.1) is 12.0 Å². The predicted molar refractivity (Wildman–Crippen MR) is 59.0 cm³/mol. The number of Topliss-reactive ketones (excluding diaryl/α,β-unsaturated/α-hetero) is 1. The van der Waals surface area contributed by atoms with Gasteiger partial charge in [-0.05, 0) is 30.9 Å². The molecule has 1 aliphatic carbocycles. The molecule has 1 aromatic carbocycles. The number of carbonyl (C=O) groups excluding carboxylic acids is 1. The Morgan fingerprint density at radius 1 is 1.53 bits per heavy atom. The molecule has 0 fully saturated rings. The number of carbonyl (C=O) groups is 1. The normalized spacial score (nSPS) is 21.5. The summed E-state index contributed by atoms with van der Waals surface area (Å²) in [5.74, 6) is -0.103. The van der Waals surface area contributed by atoms with Crippen molar-refractivity contribution in [3.63, 3.8) is 0 Å². The van der Waals surface area contributed by atoms with Crippen molar-refractivity contribution in [3.05, 3.63) is 34.9 Å². The first-order valence-electron chi connectivity index (χ1n) is 5.46. The SMILES string of the molecule is CCC(O)C1Cc2c(C)cccc2C1=O. The van der Waals surface area contributed by atoms with Crippen LogP contribution in [-0.2, 0) is 6.42 Å². The minimum atomic E-state index is -0.496. The van der Waals surface area contributed by atoms with Crippen LogP contribution in [0.5, 0.6) is 0 Å². The summed E-state index contributed by atoms with van der Waals surface area (Å²) in [4.78, 5) is 12.0. The first-order chi connectivity index (χ1) is 7.15. The van der Waals surface area contributed by atoms with Crippen molar-refractivity contribution in [1.82, 2.24) is 0 Å². The third-order valence-electron chi connectivity index (χ3n) is 3.32. The van der Waals surface area contributed by atoms with E-state index < -0.39 is 6.10 Å². The van der Waals surface area contributed by atoms with E-state index in [1.54, 1.807) is 0 Å². The molecule has 1 aliphatic rings. The number of aliphatic hydroxyl groups excluding tert-OH is 1. The van der Waals surface area contributed by atoms with Crippen molar-refractivity contribution in [2.45, 2.75) is 32.8 Å². The number of hydrogen-bond donors (Lipinski definition) is 1. The first kappa shape index (κ1) is 10.4. The first-order valence-corrected chi connectivity index (χ1v) is 5.46. The molecule has 2 unspecified atom stereocenters. The molecule has 1 aromatic rings. The fraction of sp³-hybridized carbons (Fsp3) is 0.462. The van der Waals surface area contributed by atoms with E-state index in [0.29, 0.717) is 12.8 Å². The van der Waals surface area contributed by atoms with Gasteiger partial charge in [-0.2, -0.15) is 0 Å². The van der Waals surface area contributed by atoms with Gasteiger partial charge in [-0.15, -0.1) is 0 Å². The van der Waals surface area contributed by atoms with E-state index in [2.05, 4.69) is 0 Å². The van der Waals surface area contributed by atoms with E-state index in [0.717, 1.165) is 16.7 Å². The van der Waals surface area contributed by atoms with Gasteiger partial charge < -0.3 is 5.11 Å². The van der Waals surface area contributed by atoms with Crippen LogP contribution in [0.25, 0.3) is 0 Å². The fourth-order valence-corrected chi connectivity index (χ4v) is 2.31. The largest absolute Gasteiger partial charge is 0.392 e. The van der Waals surface area contributed by atoms with Crippen LogP contribution in [0.4, 0.5) is 0 Å². The molecule has 0 aliphatic heterocycles. The number of benzene rings is 1. The Hall–Kier alpha value is -1.15. The lowest BCUT2D eigenvalue weighted by Crippen LogP contribution is -2.24. The molecule has 0 heterocycles. The van der Waals surface area contributed by atoms with E-state index in [4.69, 9.17) is 0 Å². The Labute approximate surface area is 89.9 Å². The molecule has 0 saturated carbocycles. The van der Waals surface area contributed by atoms with Crippen LogP contribution in [0.2, 0.25) is 0 Å². The maximum Gasteiger partial charge on any atom is 0.169 e. The molecule has 2 atom stereocenters. The molecule has 0 spiro atoms. The summed E-state index contributed by atoms with van der Waals surface area (Å²) in [7, 11) is 0. The van der Waals surface area contributed by atoms with E-state index >= 15 is 0 Å². The molecule has 1 N–H and O–H groups in total. The van der Waals surface area contributed by atoms with Crippen molar-refractivity contribution in [1.29, 1.82) is 0 Å². The van der Waals surface area contributed by atoms with Gasteiger partial charge in [0.15, 0.2) is 5.78 Å². The minimum Gasteiger partial charge on any atom is -0.392 e. The average Bonchev–Trinajstić information content (AvgIpc) is 2.57. The molecule has 0 bridgehead atoms. The van der Waals surface area contributed by atoms with Gasteiger partial charge in [0.2, 0.25) is 0 Å². The maximum atomic E-state index is 12.0. The summed E-state index contributed by atoms with van der Waals surface area (Å²) >= 11 is 0. The van der Waals surface area contributed by atoms with Crippen molar-refractivity contribution < 1.29 is 9.90 Å². The molecule has 2 rings (SSSR count). The van der Waals surface area contributed by atoms with Gasteiger partial charge in [-0.1, -0.05) is 25.1 Å². The quantitative estimate of drug-likeness (QED) is 0.801. The van der Waals surface area contributed by atoms with Crippen LogP contribution in [0.3, 0.4) is 0 Å². The van der Waals surface area contributed by atoms with Gasteiger partial charge >= 0.3 is 0 Å². The van der Waals surface area contributed by atoms with E-state index in [9.17, 15) is 9.90 Å². The van der Waals surface area contributed by atoms with Gasteiger partial charge in [-0.3, -0.25) is 4.79 Å². The monoisotopic (exact) mass is 204 g/mol. The summed E-state index contributed by atoms with van der Waals surface area (Å²) in [6.45, 7) is 3.93. The van der Waals surface area contributed by atoms with Gasteiger partial charge in [0.25, 0.3) is 0 Å². The second-order valence-corrected chi connectivity index (χ2v) is 4.25. The Kier molecular flexibility index (Phi) is 2.61. The lowest BCUT2D eigenvalue weighted by atomic mass is 9.96. The third kappa shape index (κ3) is 1.59. The maximum absolute atomic E-state index is 12.0. The lowest BCUT2D eigenvalue weighted by Gasteiger charge is -2.13. The number of fused-ring (bicyclic) bond motifs is 1. The van der Waals surface area contributed by atoms with Crippen LogP contribution in [0.1, 0.15) is 34.8 Å². The highest BCUT2D eigenvalue weighted by molar-refractivity contribution is 6.02. The molecule has 80 valence electrons. The van der Waals surface area contributed by atoms with Crippen LogP contribution in [0.15, 0.2) is 18.2 Å². The number of aliphatic hydroxyl groups is 1. The van der Waals surface area contributed by atoms with Crippen LogP contribution < -0.4 is 0 Å². The number of hydrogen-bond acceptors (Lipinski definition) is 2. The van der Waals surface area contributed by atoms with Gasteiger partial charge in [0, 0.05) is 5.56 Å². The molecule has 0 radical (unpaired) electrons. The Morgan fingerprint density at radius 2 is 2.27 bits per heavy atom. The standard InChI is InChI=1S/C13H16O2/c1-3-12(14)11-7-10-8(2)5-4-6-9(10)13(11)15/h4-6,11-12,14H,3,7H2,1-2H3. The topological polar surface area (TPSA) is 37.3 Å². The highest BCUT2D eigenvalue weighted by Gasteiger charge is 2.35. The molecule has 0 aromatic heterocycles. The van der Waals surface area contributed by atoms with Crippen LogP contribution in [-0.4, -0.2) is 17.0 Å². The Morgan fingerprint density at radius 3 is 2.87 bits per heavy atom. The second-order valence-electron chi connectivity index (χ2n) is 4.25. The summed E-state index contributed by atoms with van der Waals surface area (Å²) < 4.78 is 0. The van der Waals surface area contributed by atoms with Crippen LogP contribution >= 0.6 is 0 Å². The molecule has 0 saturated heterocycles. The number of aryl methyl sites for hydroxylation is 1. The molecule has 0 amide bonds. The van der Waals surface area contributed by atoms with Crippen molar-refractivity contribution in [2.24, 2.45) is 5.92 Å². The molecular formula is C13H16O2. The van der Waals surface area contributed by atoms with E-state index in [1.807, 2.05) is 32.0 Å². The highest BCUT2D eigenvalue weighted by atomic mass is 16.3. The summed E-state index contributed by atoms with van der Waals surface area (Å²) in [6.07, 6.45) is 0.850. The zero-order valence-corrected chi connectivity index (χ0v) is 9.16. The Bertz CT molecular complexity index is 396. The minimum absolute atomic E-state index is 0.114. The van der Waals surface area contributed by atoms with Crippen molar-refractivity contribution >= 4 is 5.78 Å². The number of ketones is 1. The van der Waals surface area contributed by atoms with Gasteiger partial charge in [-0.25, -0.2) is 0 Å². The second kappa shape index (κ2) is 3.78. The van der Waals surface area contributed by atoms with Gasteiger partial charge in [0.1, 0.15) is 0 Å². The van der Waals surface area contributed by atoms with Crippen LogP contribution in [0, 0.1) is 12.8 Å². The fourth-order valence-electron chi connectivity index (χ4n) is 2.31. The van der Waals surface area contributed by atoms with E-state index in [1.165, 1.54) is 0 Å². The zero-order chi connectivity index (χ0) is 11.0. The van der Waals surface area contributed by atoms with Crippen molar-refractivity contribution in [2.75, 3.05) is 0 Å². The summed E-state index contributed by atoms with van der Waals surface area (Å²) in [6, 6.07) is 5.80. The summed E-state index contributed by atoms with van der Waals surface area (Å²) in [5.41, 5.74) is 3.10. The Balaban J connectivity index is 2.37. The smallest absolute Gasteiger partial charge is 0.169 e. The highest BCUT2D eigenvalue weighted by Crippen LogP contribution is 2.31. The summed E-state index contributed by atoms with van der Waals surface area (Å²) in [5, 5.41) is 9.77. The lowest BCUT2D eigenvalue weighted by molar-refractivity contribution is 0.0700. The predicted octanol–water partition coefficient (Wildman–Crippen LogP) is 2.12. The zero-order valence-electron chi connectivity index (χ0n) is 9.16. The average molecular weight is 204 g/mol. The molecular weight excluding hydrogens is 188 g/mol. The molecule has 2 nitrogen and oxygen atoms in total. The number of rotatable bonds is 2. The van der Waals surface area contributed by atoms with Crippen molar-refractivity contribution in [3.8, 4) is 0 Å². The molecule has 2 heteroatoms. The molecule has 15 heavy (non-hydrogen) atoms.